The standard InChI is InChI=1S/C18H14N6S/c1-12-9-16(21-11-20-12)24-18-19-8-7-14(23-18)15-10-25-17(22-15)13-5-3-2-4-6-13/h2-11H,1H3,(H,19,20,21,23,24). The fourth-order valence-corrected chi connectivity index (χ4v) is 3.12. The fraction of sp³-hybridized carbons (Fsp3) is 0.0556. The molecule has 0 aliphatic carbocycles. The Labute approximate surface area is 148 Å². The molecule has 0 bridgehead atoms. The Morgan fingerprint density at radius 1 is 0.920 bits per heavy atom. The van der Waals surface area contributed by atoms with Gasteiger partial charge in [0.15, 0.2) is 0 Å². The second-order valence-electron chi connectivity index (χ2n) is 5.34. The molecule has 1 N–H and O–H groups in total. The molecule has 0 radical (unpaired) electrons. The van der Waals surface area contributed by atoms with Gasteiger partial charge in [-0.25, -0.2) is 24.9 Å². The average molecular weight is 346 g/mol. The molecule has 0 atom stereocenters. The van der Waals surface area contributed by atoms with Gasteiger partial charge in [0, 0.05) is 28.9 Å². The third kappa shape index (κ3) is 3.51. The maximum absolute atomic E-state index is 4.69. The molecule has 0 aliphatic rings. The summed E-state index contributed by atoms with van der Waals surface area (Å²) in [5.74, 6) is 1.14. The van der Waals surface area contributed by atoms with Gasteiger partial charge < -0.3 is 5.32 Å². The highest BCUT2D eigenvalue weighted by Crippen LogP contribution is 2.28. The van der Waals surface area contributed by atoms with Crippen molar-refractivity contribution >= 4 is 23.1 Å². The maximum atomic E-state index is 4.69. The molecule has 122 valence electrons. The van der Waals surface area contributed by atoms with Crippen LogP contribution in [0.3, 0.4) is 0 Å². The number of nitrogens with one attached hydrogen (secondary N) is 1. The summed E-state index contributed by atoms with van der Waals surface area (Å²) >= 11 is 1.60. The van der Waals surface area contributed by atoms with Crippen LogP contribution in [-0.4, -0.2) is 24.9 Å². The quantitative estimate of drug-likeness (QED) is 0.599. The second-order valence-corrected chi connectivity index (χ2v) is 6.20. The van der Waals surface area contributed by atoms with Gasteiger partial charge in [-0.3, -0.25) is 0 Å². The number of hydrogen-bond donors (Lipinski definition) is 1. The minimum atomic E-state index is 0.477. The van der Waals surface area contributed by atoms with E-state index in [1.165, 1.54) is 6.33 Å². The first-order chi connectivity index (χ1) is 12.3. The van der Waals surface area contributed by atoms with Crippen LogP contribution >= 0.6 is 11.3 Å². The van der Waals surface area contributed by atoms with Gasteiger partial charge in [0.05, 0.1) is 5.69 Å². The molecular formula is C18H14N6S. The molecule has 6 nitrogen and oxygen atoms in total. The third-order valence-corrected chi connectivity index (χ3v) is 4.38. The zero-order valence-electron chi connectivity index (χ0n) is 13.4. The van der Waals surface area contributed by atoms with Crippen molar-refractivity contribution in [3.8, 4) is 22.0 Å². The normalized spacial score (nSPS) is 10.6. The highest BCUT2D eigenvalue weighted by atomic mass is 32.1. The van der Waals surface area contributed by atoms with Crippen LogP contribution in [-0.2, 0) is 0 Å². The lowest BCUT2D eigenvalue weighted by atomic mass is 10.2. The zero-order chi connectivity index (χ0) is 17.1. The van der Waals surface area contributed by atoms with Gasteiger partial charge in [-0.15, -0.1) is 11.3 Å². The second kappa shape index (κ2) is 6.74. The molecule has 1 aromatic carbocycles. The first kappa shape index (κ1) is 15.3. The van der Waals surface area contributed by atoms with E-state index in [4.69, 9.17) is 0 Å². The Kier molecular flexibility index (Phi) is 4.14. The Hall–Kier alpha value is -3.19. The van der Waals surface area contributed by atoms with Gasteiger partial charge in [0.2, 0.25) is 5.95 Å². The lowest BCUT2D eigenvalue weighted by Gasteiger charge is -2.05. The van der Waals surface area contributed by atoms with Crippen LogP contribution in [0.25, 0.3) is 22.0 Å². The molecule has 0 amide bonds. The van der Waals surface area contributed by atoms with Crippen LogP contribution in [0.5, 0.6) is 0 Å². The summed E-state index contributed by atoms with van der Waals surface area (Å²) in [5.41, 5.74) is 3.57. The van der Waals surface area contributed by atoms with E-state index in [1.807, 2.05) is 54.8 Å². The van der Waals surface area contributed by atoms with E-state index in [1.54, 1.807) is 17.5 Å². The van der Waals surface area contributed by atoms with Crippen molar-refractivity contribution in [3.63, 3.8) is 0 Å². The van der Waals surface area contributed by atoms with Crippen LogP contribution in [0.15, 0.2) is 60.4 Å². The van der Waals surface area contributed by atoms with Crippen molar-refractivity contribution in [1.29, 1.82) is 0 Å². The Balaban J connectivity index is 1.60. The number of nitrogens with zero attached hydrogens (tertiary/aromatic N) is 5. The smallest absolute Gasteiger partial charge is 0.228 e. The van der Waals surface area contributed by atoms with E-state index >= 15 is 0 Å². The molecule has 0 aliphatic heterocycles. The molecule has 4 aromatic rings. The highest BCUT2D eigenvalue weighted by molar-refractivity contribution is 7.13. The summed E-state index contributed by atoms with van der Waals surface area (Å²) in [6, 6.07) is 13.8. The fourth-order valence-electron chi connectivity index (χ4n) is 2.30. The van der Waals surface area contributed by atoms with E-state index in [-0.39, 0.29) is 0 Å². The van der Waals surface area contributed by atoms with Crippen molar-refractivity contribution in [2.24, 2.45) is 0 Å². The molecule has 0 saturated carbocycles. The van der Waals surface area contributed by atoms with Crippen LogP contribution in [0, 0.1) is 6.92 Å². The maximum Gasteiger partial charge on any atom is 0.228 e. The minimum absolute atomic E-state index is 0.477. The van der Waals surface area contributed by atoms with Crippen LogP contribution < -0.4 is 5.32 Å². The molecule has 3 aromatic heterocycles. The summed E-state index contributed by atoms with van der Waals surface area (Å²) < 4.78 is 0. The predicted molar refractivity (Wildman–Crippen MR) is 98.6 cm³/mol. The van der Waals surface area contributed by atoms with Gasteiger partial charge in [-0.05, 0) is 13.0 Å². The van der Waals surface area contributed by atoms with Crippen molar-refractivity contribution in [1.82, 2.24) is 24.9 Å². The summed E-state index contributed by atoms with van der Waals surface area (Å²) in [4.78, 5) is 21.7. The third-order valence-electron chi connectivity index (χ3n) is 3.49. The summed E-state index contributed by atoms with van der Waals surface area (Å²) in [6.07, 6.45) is 3.22. The Morgan fingerprint density at radius 2 is 1.80 bits per heavy atom. The molecule has 0 saturated heterocycles. The molecule has 0 spiro atoms. The van der Waals surface area contributed by atoms with Crippen LogP contribution in [0.4, 0.5) is 11.8 Å². The lowest BCUT2D eigenvalue weighted by Crippen LogP contribution is -2.00. The van der Waals surface area contributed by atoms with Crippen molar-refractivity contribution in [2.45, 2.75) is 6.92 Å². The number of anilines is 2. The van der Waals surface area contributed by atoms with Gasteiger partial charge in [-0.2, -0.15) is 0 Å². The molecule has 4 rings (SSSR count). The summed E-state index contributed by atoms with van der Waals surface area (Å²) in [7, 11) is 0. The van der Waals surface area contributed by atoms with E-state index in [0.717, 1.165) is 27.7 Å². The number of benzene rings is 1. The zero-order valence-corrected chi connectivity index (χ0v) is 14.2. The largest absolute Gasteiger partial charge is 0.309 e. The van der Waals surface area contributed by atoms with Gasteiger partial charge in [0.25, 0.3) is 0 Å². The summed E-state index contributed by atoms with van der Waals surface area (Å²) in [5, 5.41) is 6.07. The van der Waals surface area contributed by atoms with Crippen molar-refractivity contribution in [3.05, 3.63) is 66.1 Å². The lowest BCUT2D eigenvalue weighted by molar-refractivity contribution is 1.08. The van der Waals surface area contributed by atoms with Crippen molar-refractivity contribution in [2.75, 3.05) is 5.32 Å². The Bertz CT molecular complexity index is 999. The predicted octanol–water partition coefficient (Wildman–Crippen LogP) is 4.11. The number of hydrogen-bond acceptors (Lipinski definition) is 7. The number of aryl methyl sites for hydroxylation is 1. The molecule has 3 heterocycles. The molecule has 25 heavy (non-hydrogen) atoms. The van der Waals surface area contributed by atoms with E-state index in [0.29, 0.717) is 11.8 Å². The number of rotatable bonds is 4. The van der Waals surface area contributed by atoms with Crippen LogP contribution in [0.1, 0.15) is 5.69 Å². The van der Waals surface area contributed by atoms with E-state index in [2.05, 4.69) is 30.2 Å². The topological polar surface area (TPSA) is 76.5 Å². The molecular weight excluding hydrogens is 332 g/mol. The first-order valence-corrected chi connectivity index (χ1v) is 8.56. The number of thiazole rings is 1. The first-order valence-electron chi connectivity index (χ1n) is 7.68. The highest BCUT2D eigenvalue weighted by Gasteiger charge is 2.09. The van der Waals surface area contributed by atoms with Gasteiger partial charge in [-0.1, -0.05) is 30.3 Å². The van der Waals surface area contributed by atoms with Gasteiger partial charge in [0.1, 0.15) is 22.8 Å². The SMILES string of the molecule is Cc1cc(Nc2nccc(-c3csc(-c4ccccc4)n3)n2)ncn1. The molecule has 0 fully saturated rings. The van der Waals surface area contributed by atoms with E-state index < -0.39 is 0 Å². The van der Waals surface area contributed by atoms with Crippen molar-refractivity contribution < 1.29 is 0 Å². The summed E-state index contributed by atoms with van der Waals surface area (Å²) in [6.45, 7) is 1.91. The Morgan fingerprint density at radius 3 is 2.64 bits per heavy atom. The monoisotopic (exact) mass is 346 g/mol. The average Bonchev–Trinajstić information content (AvgIpc) is 3.13. The molecule has 7 heteroatoms. The number of aromatic nitrogens is 5. The van der Waals surface area contributed by atoms with Crippen LogP contribution in [0.2, 0.25) is 0 Å². The minimum Gasteiger partial charge on any atom is -0.309 e. The van der Waals surface area contributed by atoms with Gasteiger partial charge >= 0.3 is 0 Å². The van der Waals surface area contributed by atoms with E-state index in [9.17, 15) is 0 Å². The molecule has 0 unspecified atom stereocenters.